The van der Waals surface area contributed by atoms with Gasteiger partial charge in [-0.2, -0.15) is 0 Å². The molecule has 4 heteroatoms. The highest BCUT2D eigenvalue weighted by Crippen LogP contribution is 2.27. The van der Waals surface area contributed by atoms with Crippen LogP contribution in [0.1, 0.15) is 58.3 Å². The third-order valence-electron chi connectivity index (χ3n) is 4.60. The summed E-state index contributed by atoms with van der Waals surface area (Å²) in [5.41, 5.74) is 0.264. The van der Waals surface area contributed by atoms with E-state index in [0.29, 0.717) is 5.92 Å². The zero-order valence-electron chi connectivity index (χ0n) is 12.2. The normalized spacial score (nSPS) is 28.5. The number of halogens is 1. The predicted octanol–water partition coefficient (Wildman–Crippen LogP) is 2.88. The minimum atomic E-state index is 0. The van der Waals surface area contributed by atoms with E-state index in [9.17, 15) is 4.79 Å². The van der Waals surface area contributed by atoms with Gasteiger partial charge in [-0.15, -0.1) is 12.4 Å². The summed E-state index contributed by atoms with van der Waals surface area (Å²) in [6, 6.07) is 0. The molecule has 2 N–H and O–H groups in total. The number of hydrogen-bond acceptors (Lipinski definition) is 2. The maximum absolute atomic E-state index is 12.0. The first-order chi connectivity index (χ1) is 8.68. The maximum atomic E-state index is 12.0. The number of hydrogen-bond donors (Lipinski definition) is 2. The van der Waals surface area contributed by atoms with Crippen molar-refractivity contribution in [2.24, 2.45) is 11.3 Å². The summed E-state index contributed by atoms with van der Waals surface area (Å²) in [7, 11) is 0. The van der Waals surface area contributed by atoms with Crippen LogP contribution in [0.25, 0.3) is 0 Å². The molecule has 1 saturated heterocycles. The second kappa shape index (κ2) is 8.11. The Labute approximate surface area is 123 Å². The van der Waals surface area contributed by atoms with Gasteiger partial charge in [-0.1, -0.05) is 26.2 Å². The Kier molecular flexibility index (Phi) is 7.16. The second-order valence-corrected chi connectivity index (χ2v) is 6.58. The summed E-state index contributed by atoms with van der Waals surface area (Å²) in [5.74, 6) is 0.921. The molecule has 2 aliphatic rings. The Hall–Kier alpha value is -0.280. The van der Waals surface area contributed by atoms with Crippen LogP contribution in [0.3, 0.4) is 0 Å². The van der Waals surface area contributed by atoms with Gasteiger partial charge in [0, 0.05) is 19.5 Å². The maximum Gasteiger partial charge on any atom is 0.220 e. The van der Waals surface area contributed by atoms with Crippen molar-refractivity contribution in [1.82, 2.24) is 10.6 Å². The summed E-state index contributed by atoms with van der Waals surface area (Å²) in [5, 5.41) is 6.59. The summed E-state index contributed by atoms with van der Waals surface area (Å²) < 4.78 is 0. The van der Waals surface area contributed by atoms with Crippen molar-refractivity contribution in [1.29, 1.82) is 0 Å². The molecule has 3 nitrogen and oxygen atoms in total. The Balaban J connectivity index is 0.00000180. The molecule has 1 saturated carbocycles. The van der Waals surface area contributed by atoms with Crippen molar-refractivity contribution >= 4 is 18.3 Å². The zero-order valence-corrected chi connectivity index (χ0v) is 13.0. The van der Waals surface area contributed by atoms with Gasteiger partial charge in [0.05, 0.1) is 0 Å². The standard InChI is InChI=1S/C15H28N2O.ClH/c1-15(8-5-9-16-11-15)12-17-14(18)10-13-6-3-2-4-7-13;/h13,16H,2-12H2,1H3,(H,17,18);1H. The van der Waals surface area contributed by atoms with Gasteiger partial charge < -0.3 is 10.6 Å². The smallest absolute Gasteiger partial charge is 0.220 e. The quantitative estimate of drug-likeness (QED) is 0.835. The molecule has 19 heavy (non-hydrogen) atoms. The van der Waals surface area contributed by atoms with Crippen LogP contribution in [0.15, 0.2) is 0 Å². The summed E-state index contributed by atoms with van der Waals surface area (Å²) in [4.78, 5) is 12.0. The average molecular weight is 289 g/mol. The number of rotatable bonds is 4. The van der Waals surface area contributed by atoms with Crippen LogP contribution in [0.2, 0.25) is 0 Å². The molecule has 1 aliphatic carbocycles. The molecular formula is C15H29ClN2O. The third kappa shape index (κ3) is 5.70. The monoisotopic (exact) mass is 288 g/mol. The summed E-state index contributed by atoms with van der Waals surface area (Å²) >= 11 is 0. The van der Waals surface area contributed by atoms with E-state index in [1.54, 1.807) is 0 Å². The molecule has 1 aliphatic heterocycles. The topological polar surface area (TPSA) is 41.1 Å². The summed E-state index contributed by atoms with van der Waals surface area (Å²) in [6.45, 7) is 5.29. The fourth-order valence-corrected chi connectivity index (χ4v) is 3.31. The van der Waals surface area contributed by atoms with Crippen molar-refractivity contribution in [3.63, 3.8) is 0 Å². The van der Waals surface area contributed by atoms with E-state index >= 15 is 0 Å². The number of nitrogens with one attached hydrogen (secondary N) is 2. The molecule has 1 amide bonds. The van der Waals surface area contributed by atoms with E-state index in [4.69, 9.17) is 0 Å². The Morgan fingerprint density at radius 2 is 2.00 bits per heavy atom. The molecule has 0 bridgehead atoms. The second-order valence-electron chi connectivity index (χ2n) is 6.58. The number of piperidine rings is 1. The highest BCUT2D eigenvalue weighted by molar-refractivity contribution is 5.85. The van der Waals surface area contributed by atoms with Gasteiger partial charge in [-0.25, -0.2) is 0 Å². The highest BCUT2D eigenvalue weighted by Gasteiger charge is 2.27. The SMILES string of the molecule is CC1(CNC(=O)CC2CCCCC2)CCCNC1.Cl. The van der Waals surface area contributed by atoms with Gasteiger partial charge >= 0.3 is 0 Å². The van der Waals surface area contributed by atoms with E-state index in [2.05, 4.69) is 17.6 Å². The van der Waals surface area contributed by atoms with Crippen molar-refractivity contribution in [2.45, 2.75) is 58.3 Å². The molecule has 1 atom stereocenters. The van der Waals surface area contributed by atoms with Crippen LogP contribution in [-0.2, 0) is 4.79 Å². The molecule has 0 aromatic heterocycles. The van der Waals surface area contributed by atoms with Crippen LogP contribution in [0.4, 0.5) is 0 Å². The lowest BCUT2D eigenvalue weighted by atomic mass is 9.82. The molecule has 0 radical (unpaired) electrons. The van der Waals surface area contributed by atoms with E-state index in [0.717, 1.165) is 26.1 Å². The highest BCUT2D eigenvalue weighted by atomic mass is 35.5. The molecule has 1 heterocycles. The first kappa shape index (κ1) is 16.8. The number of amides is 1. The molecule has 112 valence electrons. The number of carbonyl (C=O) groups excluding carboxylic acids is 1. The van der Waals surface area contributed by atoms with Gasteiger partial charge in [-0.3, -0.25) is 4.79 Å². The Morgan fingerprint density at radius 3 is 2.63 bits per heavy atom. The van der Waals surface area contributed by atoms with Crippen LogP contribution in [-0.4, -0.2) is 25.5 Å². The fourth-order valence-electron chi connectivity index (χ4n) is 3.31. The van der Waals surface area contributed by atoms with Crippen LogP contribution >= 0.6 is 12.4 Å². The van der Waals surface area contributed by atoms with E-state index in [1.807, 2.05) is 0 Å². The molecule has 2 fully saturated rings. The summed E-state index contributed by atoms with van der Waals surface area (Å²) in [6.07, 6.45) is 9.72. The lowest BCUT2D eigenvalue weighted by molar-refractivity contribution is -0.122. The van der Waals surface area contributed by atoms with Gasteiger partial charge in [0.15, 0.2) is 0 Å². The number of carbonyl (C=O) groups is 1. The first-order valence-corrected chi connectivity index (χ1v) is 7.65. The Bertz CT molecular complexity index is 271. The van der Waals surface area contributed by atoms with E-state index in [1.165, 1.54) is 44.9 Å². The fraction of sp³-hybridized carbons (Fsp3) is 0.933. The molecule has 0 spiro atoms. The molecule has 0 aromatic rings. The van der Waals surface area contributed by atoms with Gasteiger partial charge in [-0.05, 0) is 43.6 Å². The van der Waals surface area contributed by atoms with Gasteiger partial charge in [0.25, 0.3) is 0 Å². The minimum Gasteiger partial charge on any atom is -0.356 e. The molecule has 2 rings (SSSR count). The lowest BCUT2D eigenvalue weighted by Gasteiger charge is -2.34. The van der Waals surface area contributed by atoms with Crippen molar-refractivity contribution in [2.75, 3.05) is 19.6 Å². The minimum absolute atomic E-state index is 0. The molecular weight excluding hydrogens is 260 g/mol. The van der Waals surface area contributed by atoms with Crippen molar-refractivity contribution < 1.29 is 4.79 Å². The van der Waals surface area contributed by atoms with Gasteiger partial charge in [0.2, 0.25) is 5.91 Å². The first-order valence-electron chi connectivity index (χ1n) is 7.65. The van der Waals surface area contributed by atoms with Crippen molar-refractivity contribution in [3.8, 4) is 0 Å². The zero-order chi connectivity index (χ0) is 12.8. The molecule has 0 aromatic carbocycles. The average Bonchev–Trinajstić information content (AvgIpc) is 2.39. The van der Waals surface area contributed by atoms with Crippen molar-refractivity contribution in [3.05, 3.63) is 0 Å². The van der Waals surface area contributed by atoms with E-state index in [-0.39, 0.29) is 23.7 Å². The van der Waals surface area contributed by atoms with Crippen LogP contribution in [0, 0.1) is 11.3 Å². The Morgan fingerprint density at radius 1 is 1.26 bits per heavy atom. The van der Waals surface area contributed by atoms with E-state index < -0.39 is 0 Å². The largest absolute Gasteiger partial charge is 0.356 e. The third-order valence-corrected chi connectivity index (χ3v) is 4.60. The van der Waals surface area contributed by atoms with Gasteiger partial charge in [0.1, 0.15) is 0 Å². The lowest BCUT2D eigenvalue weighted by Crippen LogP contribution is -2.45. The van der Waals surface area contributed by atoms with Crippen LogP contribution < -0.4 is 10.6 Å². The predicted molar refractivity (Wildman–Crippen MR) is 81.7 cm³/mol. The van der Waals surface area contributed by atoms with Crippen LogP contribution in [0.5, 0.6) is 0 Å². The molecule has 1 unspecified atom stereocenters.